The van der Waals surface area contributed by atoms with Crippen LogP contribution in [0, 0.1) is 0 Å². The zero-order valence-electron chi connectivity index (χ0n) is 11.3. The third-order valence-corrected chi connectivity index (χ3v) is 3.87. The second kappa shape index (κ2) is 7.38. The molecule has 0 saturated heterocycles. The van der Waals surface area contributed by atoms with E-state index in [1.807, 2.05) is 24.3 Å². The molecule has 1 aromatic carbocycles. The maximum atomic E-state index is 5.65. The second-order valence-electron chi connectivity index (χ2n) is 4.48. The number of nitrogens with zero attached hydrogens (tertiary/aromatic N) is 1. The molecule has 3 N–H and O–H groups in total. The molecule has 0 fully saturated rings. The number of rotatable bonds is 6. The number of methoxy groups -OCH3 is 1. The summed E-state index contributed by atoms with van der Waals surface area (Å²) in [7, 11) is 1.67. The lowest BCUT2D eigenvalue weighted by molar-refractivity contribution is 0.414. The van der Waals surface area contributed by atoms with Gasteiger partial charge < -0.3 is 4.74 Å². The number of hydrogen-bond acceptors (Lipinski definition) is 4. The summed E-state index contributed by atoms with van der Waals surface area (Å²) in [6.07, 6.45) is 3.57. The molecular formula is C15H18BrN3O. The average molecular weight is 336 g/mol. The fraction of sp³-hybridized carbons (Fsp3) is 0.267. The van der Waals surface area contributed by atoms with E-state index in [2.05, 4.69) is 38.5 Å². The van der Waals surface area contributed by atoms with Crippen LogP contribution in [0.1, 0.15) is 23.7 Å². The molecule has 1 aromatic heterocycles. The fourth-order valence-electron chi connectivity index (χ4n) is 2.06. The van der Waals surface area contributed by atoms with Crippen molar-refractivity contribution in [1.29, 1.82) is 0 Å². The van der Waals surface area contributed by atoms with E-state index in [0.29, 0.717) is 0 Å². The quantitative estimate of drug-likeness (QED) is 0.629. The average Bonchev–Trinajstić information content (AvgIpc) is 2.50. The lowest BCUT2D eigenvalue weighted by Gasteiger charge is -2.16. The molecule has 106 valence electrons. The van der Waals surface area contributed by atoms with E-state index in [9.17, 15) is 0 Å². The van der Waals surface area contributed by atoms with Crippen LogP contribution in [0.3, 0.4) is 0 Å². The van der Waals surface area contributed by atoms with Crippen molar-refractivity contribution < 1.29 is 4.74 Å². The lowest BCUT2D eigenvalue weighted by atomic mass is 10.0. The Bertz CT molecular complexity index is 545. The maximum absolute atomic E-state index is 5.65. The molecule has 1 unspecified atom stereocenters. The summed E-state index contributed by atoms with van der Waals surface area (Å²) < 4.78 is 6.12. The van der Waals surface area contributed by atoms with Gasteiger partial charge in [-0.1, -0.05) is 12.1 Å². The van der Waals surface area contributed by atoms with Gasteiger partial charge in [0.15, 0.2) is 0 Å². The molecule has 4 nitrogen and oxygen atoms in total. The van der Waals surface area contributed by atoms with Crippen LogP contribution >= 0.6 is 15.9 Å². The highest BCUT2D eigenvalue weighted by atomic mass is 79.9. The Morgan fingerprint density at radius 2 is 2.05 bits per heavy atom. The summed E-state index contributed by atoms with van der Waals surface area (Å²) >= 11 is 3.51. The minimum Gasteiger partial charge on any atom is -0.497 e. The summed E-state index contributed by atoms with van der Waals surface area (Å²) in [5, 5.41) is 0. The largest absolute Gasteiger partial charge is 0.497 e. The van der Waals surface area contributed by atoms with Crippen molar-refractivity contribution in [3.8, 4) is 5.75 Å². The molecule has 5 heteroatoms. The molecule has 0 radical (unpaired) electrons. The molecule has 0 aliphatic heterocycles. The van der Waals surface area contributed by atoms with Gasteiger partial charge >= 0.3 is 0 Å². The van der Waals surface area contributed by atoms with E-state index in [1.54, 1.807) is 13.3 Å². The first-order valence-corrected chi connectivity index (χ1v) is 7.23. The molecule has 1 heterocycles. The number of benzene rings is 1. The first-order chi connectivity index (χ1) is 9.74. The van der Waals surface area contributed by atoms with E-state index in [4.69, 9.17) is 10.6 Å². The lowest BCUT2D eigenvalue weighted by Crippen LogP contribution is -2.29. The summed E-state index contributed by atoms with van der Waals surface area (Å²) in [6, 6.07) is 12.0. The predicted octanol–water partition coefficient (Wildman–Crippen LogP) is 2.99. The topological polar surface area (TPSA) is 60.2 Å². The van der Waals surface area contributed by atoms with Crippen LogP contribution in [0.2, 0.25) is 0 Å². The first kappa shape index (κ1) is 15.0. The number of aryl methyl sites for hydroxylation is 1. The third kappa shape index (κ3) is 3.79. The molecule has 0 saturated carbocycles. The Hall–Kier alpha value is -1.43. The number of aromatic nitrogens is 1. The number of pyridine rings is 1. The van der Waals surface area contributed by atoms with Crippen molar-refractivity contribution in [2.24, 2.45) is 5.84 Å². The molecule has 0 amide bonds. The summed E-state index contributed by atoms with van der Waals surface area (Å²) in [4.78, 5) is 4.38. The van der Waals surface area contributed by atoms with Gasteiger partial charge in [-0.2, -0.15) is 0 Å². The Balaban J connectivity index is 2.02. The Kier molecular flexibility index (Phi) is 5.52. The van der Waals surface area contributed by atoms with E-state index < -0.39 is 0 Å². The van der Waals surface area contributed by atoms with Crippen LogP contribution in [0.15, 0.2) is 47.1 Å². The molecule has 20 heavy (non-hydrogen) atoms. The van der Waals surface area contributed by atoms with Gasteiger partial charge in [-0.3, -0.25) is 16.3 Å². The smallest absolute Gasteiger partial charge is 0.118 e. The number of nitrogens with one attached hydrogen (secondary N) is 1. The molecular weight excluding hydrogens is 318 g/mol. The van der Waals surface area contributed by atoms with Crippen LogP contribution < -0.4 is 16.0 Å². The van der Waals surface area contributed by atoms with Crippen LogP contribution in [0.4, 0.5) is 0 Å². The summed E-state index contributed by atoms with van der Waals surface area (Å²) in [5.74, 6) is 6.52. The van der Waals surface area contributed by atoms with Crippen molar-refractivity contribution in [3.05, 3.63) is 58.3 Å². The number of halogens is 1. The Morgan fingerprint density at radius 3 is 2.65 bits per heavy atom. The van der Waals surface area contributed by atoms with Gasteiger partial charge in [-0.25, -0.2) is 0 Å². The number of hydrazine groups is 1. The molecule has 0 aliphatic rings. The van der Waals surface area contributed by atoms with E-state index in [0.717, 1.165) is 28.8 Å². The van der Waals surface area contributed by atoms with Crippen LogP contribution in [-0.2, 0) is 6.42 Å². The van der Waals surface area contributed by atoms with Gasteiger partial charge in [0.1, 0.15) is 5.75 Å². The number of nitrogens with two attached hydrogens (primary N) is 1. The normalized spacial score (nSPS) is 12.2. The predicted molar refractivity (Wildman–Crippen MR) is 83.3 cm³/mol. The van der Waals surface area contributed by atoms with E-state index in [-0.39, 0.29) is 6.04 Å². The highest BCUT2D eigenvalue weighted by molar-refractivity contribution is 9.10. The van der Waals surface area contributed by atoms with Crippen LogP contribution in [-0.4, -0.2) is 12.1 Å². The molecule has 2 aromatic rings. The Morgan fingerprint density at radius 1 is 1.30 bits per heavy atom. The zero-order valence-corrected chi connectivity index (χ0v) is 12.9. The maximum Gasteiger partial charge on any atom is 0.118 e. The highest BCUT2D eigenvalue weighted by Crippen LogP contribution is 2.24. The van der Waals surface area contributed by atoms with Gasteiger partial charge in [-0.15, -0.1) is 0 Å². The number of hydrogen-bond donors (Lipinski definition) is 2. The van der Waals surface area contributed by atoms with Gasteiger partial charge in [-0.05, 0) is 58.6 Å². The molecule has 1 atom stereocenters. The molecule has 0 spiro atoms. The van der Waals surface area contributed by atoms with Crippen molar-refractivity contribution in [2.45, 2.75) is 18.9 Å². The minimum absolute atomic E-state index is 0.0210. The second-order valence-corrected chi connectivity index (χ2v) is 5.33. The minimum atomic E-state index is 0.0210. The third-order valence-electron chi connectivity index (χ3n) is 3.20. The number of ether oxygens (including phenoxy) is 1. The zero-order chi connectivity index (χ0) is 14.4. The van der Waals surface area contributed by atoms with Gasteiger partial charge in [0.25, 0.3) is 0 Å². The van der Waals surface area contributed by atoms with Crippen molar-refractivity contribution in [2.75, 3.05) is 7.11 Å². The standard InChI is InChI=1S/C15H18BrN3O/c1-20-12-7-4-11(5-8-12)6-9-14(19-17)15-13(16)3-2-10-18-15/h2-5,7-8,10,14,19H,6,9,17H2,1H3. The monoisotopic (exact) mass is 335 g/mol. The molecule has 0 aliphatic carbocycles. The van der Waals surface area contributed by atoms with Gasteiger partial charge in [0.2, 0.25) is 0 Å². The first-order valence-electron chi connectivity index (χ1n) is 6.44. The van der Waals surface area contributed by atoms with E-state index in [1.165, 1.54) is 5.56 Å². The molecule has 0 bridgehead atoms. The SMILES string of the molecule is COc1ccc(CCC(NN)c2ncccc2Br)cc1. The van der Waals surface area contributed by atoms with Crippen LogP contribution in [0.25, 0.3) is 0 Å². The summed E-state index contributed by atoms with van der Waals surface area (Å²) in [6.45, 7) is 0. The van der Waals surface area contributed by atoms with E-state index >= 15 is 0 Å². The fourth-order valence-corrected chi connectivity index (χ4v) is 2.59. The van der Waals surface area contributed by atoms with Gasteiger partial charge in [0, 0.05) is 10.7 Å². The van der Waals surface area contributed by atoms with Crippen molar-refractivity contribution in [3.63, 3.8) is 0 Å². The van der Waals surface area contributed by atoms with Crippen LogP contribution in [0.5, 0.6) is 5.75 Å². The Labute approximate surface area is 127 Å². The highest BCUT2D eigenvalue weighted by Gasteiger charge is 2.14. The van der Waals surface area contributed by atoms with Crippen molar-refractivity contribution in [1.82, 2.24) is 10.4 Å². The summed E-state index contributed by atoms with van der Waals surface area (Å²) in [5.41, 5.74) is 5.02. The van der Waals surface area contributed by atoms with Crippen molar-refractivity contribution >= 4 is 15.9 Å². The van der Waals surface area contributed by atoms with Gasteiger partial charge in [0.05, 0.1) is 18.8 Å². The molecule has 2 rings (SSSR count).